The molecule has 1 aliphatic heterocycles. The average molecular weight is 419 g/mol. The largest absolute Gasteiger partial charge is 0.372 e. The first-order chi connectivity index (χ1) is 13.4. The van der Waals surface area contributed by atoms with Crippen LogP contribution in [-0.2, 0) is 11.2 Å². The number of halogens is 2. The van der Waals surface area contributed by atoms with Crippen molar-refractivity contribution in [3.63, 3.8) is 0 Å². The zero-order valence-electron chi connectivity index (χ0n) is 16.6. The van der Waals surface area contributed by atoms with E-state index >= 15 is 0 Å². The molecule has 28 heavy (non-hydrogen) atoms. The third-order valence-electron chi connectivity index (χ3n) is 5.54. The summed E-state index contributed by atoms with van der Waals surface area (Å²) in [5.74, 6) is 0.863. The number of benzene rings is 2. The number of piperidine rings is 1. The van der Waals surface area contributed by atoms with E-state index in [-0.39, 0.29) is 11.9 Å². The summed E-state index contributed by atoms with van der Waals surface area (Å²) in [6.07, 6.45) is 3.58. The van der Waals surface area contributed by atoms with Crippen molar-refractivity contribution in [2.45, 2.75) is 45.6 Å². The van der Waals surface area contributed by atoms with Crippen molar-refractivity contribution in [1.29, 1.82) is 0 Å². The first-order valence-electron chi connectivity index (χ1n) is 10.0. The van der Waals surface area contributed by atoms with Gasteiger partial charge in [0, 0.05) is 25.2 Å². The number of carbonyl (C=O) groups is 1. The Morgan fingerprint density at radius 1 is 1.11 bits per heavy atom. The fraction of sp³-hybridized carbons (Fsp3) is 0.435. The van der Waals surface area contributed by atoms with Gasteiger partial charge in [-0.05, 0) is 67.5 Å². The van der Waals surface area contributed by atoms with Crippen LogP contribution in [-0.4, -0.2) is 19.0 Å². The molecule has 2 aromatic carbocycles. The molecule has 1 fully saturated rings. The molecule has 1 aliphatic rings. The predicted octanol–water partition coefficient (Wildman–Crippen LogP) is 6.04. The van der Waals surface area contributed by atoms with E-state index in [4.69, 9.17) is 23.2 Å². The van der Waals surface area contributed by atoms with Gasteiger partial charge < -0.3 is 10.2 Å². The van der Waals surface area contributed by atoms with Gasteiger partial charge in [0.25, 0.3) is 0 Å². The molecular weight excluding hydrogens is 391 g/mol. The van der Waals surface area contributed by atoms with E-state index in [0.29, 0.717) is 22.9 Å². The van der Waals surface area contributed by atoms with Gasteiger partial charge in [0.2, 0.25) is 5.91 Å². The second-order valence-corrected chi connectivity index (χ2v) is 8.61. The number of carbonyl (C=O) groups excluding carboxylic acids is 1. The Labute approximate surface area is 178 Å². The van der Waals surface area contributed by atoms with Crippen molar-refractivity contribution in [1.82, 2.24) is 5.32 Å². The first kappa shape index (κ1) is 21.0. The standard InChI is InChI=1S/C23H28Cl2N2O/c1-16-11-13-27(14-12-16)20-7-5-19(6-8-20)17(2)26-23(28)10-4-18-3-9-21(24)22(25)15-18/h3,5-9,15-17H,4,10-14H2,1-2H3,(H,26,28)/t17-/m1/s1. The lowest BCUT2D eigenvalue weighted by Gasteiger charge is -2.32. The van der Waals surface area contributed by atoms with Crippen LogP contribution in [0.5, 0.6) is 0 Å². The van der Waals surface area contributed by atoms with Gasteiger partial charge in [0.05, 0.1) is 16.1 Å². The topological polar surface area (TPSA) is 32.3 Å². The lowest BCUT2D eigenvalue weighted by Crippen LogP contribution is -2.32. The molecule has 0 saturated carbocycles. The van der Waals surface area contributed by atoms with E-state index in [1.165, 1.54) is 18.5 Å². The molecule has 1 saturated heterocycles. The third kappa shape index (κ3) is 5.65. The van der Waals surface area contributed by atoms with Crippen molar-refractivity contribution < 1.29 is 4.79 Å². The van der Waals surface area contributed by atoms with Gasteiger partial charge >= 0.3 is 0 Å². The molecular formula is C23H28Cl2N2O. The van der Waals surface area contributed by atoms with Crippen LogP contribution in [0.25, 0.3) is 0 Å². The lowest BCUT2D eigenvalue weighted by atomic mass is 9.98. The molecule has 0 aliphatic carbocycles. The SMILES string of the molecule is CC1CCN(c2ccc([C@@H](C)NC(=O)CCc3ccc(Cl)c(Cl)c3)cc2)CC1. The molecule has 0 bridgehead atoms. The fourth-order valence-electron chi connectivity index (χ4n) is 3.59. The molecule has 1 heterocycles. The molecule has 0 spiro atoms. The number of hydrogen-bond donors (Lipinski definition) is 1. The zero-order valence-corrected chi connectivity index (χ0v) is 18.1. The van der Waals surface area contributed by atoms with Crippen molar-refractivity contribution in [2.24, 2.45) is 5.92 Å². The highest BCUT2D eigenvalue weighted by Gasteiger charge is 2.16. The van der Waals surface area contributed by atoms with Gasteiger partial charge in [-0.3, -0.25) is 4.79 Å². The van der Waals surface area contributed by atoms with E-state index in [9.17, 15) is 4.79 Å². The summed E-state index contributed by atoms with van der Waals surface area (Å²) in [4.78, 5) is 14.8. The molecule has 3 rings (SSSR count). The Hall–Kier alpha value is -1.71. The maximum atomic E-state index is 12.3. The van der Waals surface area contributed by atoms with Crippen LogP contribution < -0.4 is 10.2 Å². The van der Waals surface area contributed by atoms with E-state index < -0.39 is 0 Å². The number of anilines is 1. The molecule has 0 aromatic heterocycles. The summed E-state index contributed by atoms with van der Waals surface area (Å²) in [5.41, 5.74) is 3.41. The van der Waals surface area contributed by atoms with Crippen molar-refractivity contribution in [2.75, 3.05) is 18.0 Å². The molecule has 1 N–H and O–H groups in total. The Morgan fingerprint density at radius 3 is 2.43 bits per heavy atom. The normalized spacial score (nSPS) is 16.1. The molecule has 0 unspecified atom stereocenters. The summed E-state index contributed by atoms with van der Waals surface area (Å²) in [7, 11) is 0. The highest BCUT2D eigenvalue weighted by molar-refractivity contribution is 6.42. The second-order valence-electron chi connectivity index (χ2n) is 7.80. The highest BCUT2D eigenvalue weighted by Crippen LogP contribution is 2.25. The van der Waals surface area contributed by atoms with E-state index in [1.54, 1.807) is 6.07 Å². The minimum Gasteiger partial charge on any atom is -0.372 e. The summed E-state index contributed by atoms with van der Waals surface area (Å²) in [5, 5.41) is 4.14. The van der Waals surface area contributed by atoms with Crippen LogP contribution in [0.3, 0.4) is 0 Å². The maximum absolute atomic E-state index is 12.3. The number of nitrogens with one attached hydrogen (secondary N) is 1. The summed E-state index contributed by atoms with van der Waals surface area (Å²) in [6.45, 7) is 6.60. The molecule has 0 radical (unpaired) electrons. The Bertz CT molecular complexity index is 799. The summed E-state index contributed by atoms with van der Waals surface area (Å²) in [6, 6.07) is 14.1. The number of amides is 1. The van der Waals surface area contributed by atoms with E-state index in [2.05, 4.69) is 41.4 Å². The van der Waals surface area contributed by atoms with Crippen LogP contribution in [0.15, 0.2) is 42.5 Å². The monoisotopic (exact) mass is 418 g/mol. The van der Waals surface area contributed by atoms with Crippen LogP contribution >= 0.6 is 23.2 Å². The summed E-state index contributed by atoms with van der Waals surface area (Å²) < 4.78 is 0. The third-order valence-corrected chi connectivity index (χ3v) is 6.28. The summed E-state index contributed by atoms with van der Waals surface area (Å²) >= 11 is 12.0. The van der Waals surface area contributed by atoms with E-state index in [0.717, 1.165) is 30.1 Å². The molecule has 1 amide bonds. The lowest BCUT2D eigenvalue weighted by molar-refractivity contribution is -0.121. The molecule has 2 aromatic rings. The van der Waals surface area contributed by atoms with Gasteiger partial charge in [-0.2, -0.15) is 0 Å². The number of aryl methyl sites for hydroxylation is 1. The number of hydrogen-bond acceptors (Lipinski definition) is 2. The van der Waals surface area contributed by atoms with E-state index in [1.807, 2.05) is 19.1 Å². The Kier molecular flexibility index (Phi) is 7.25. The van der Waals surface area contributed by atoms with Gasteiger partial charge in [-0.15, -0.1) is 0 Å². The zero-order chi connectivity index (χ0) is 20.1. The molecule has 150 valence electrons. The molecule has 5 heteroatoms. The van der Waals surface area contributed by atoms with Gasteiger partial charge in [-0.25, -0.2) is 0 Å². The minimum atomic E-state index is -0.0169. The van der Waals surface area contributed by atoms with Crippen molar-refractivity contribution in [3.8, 4) is 0 Å². The predicted molar refractivity (Wildman–Crippen MR) is 118 cm³/mol. The maximum Gasteiger partial charge on any atom is 0.220 e. The van der Waals surface area contributed by atoms with Crippen LogP contribution in [0.2, 0.25) is 10.0 Å². The van der Waals surface area contributed by atoms with Crippen molar-refractivity contribution in [3.05, 3.63) is 63.6 Å². The Morgan fingerprint density at radius 2 is 1.79 bits per heavy atom. The highest BCUT2D eigenvalue weighted by atomic mass is 35.5. The van der Waals surface area contributed by atoms with Gasteiger partial charge in [0.15, 0.2) is 0 Å². The van der Waals surface area contributed by atoms with Crippen molar-refractivity contribution >= 4 is 34.8 Å². The first-order valence-corrected chi connectivity index (χ1v) is 10.8. The Balaban J connectivity index is 1.50. The second kappa shape index (κ2) is 9.67. The molecule has 3 nitrogen and oxygen atoms in total. The van der Waals surface area contributed by atoms with Crippen LogP contribution in [0.4, 0.5) is 5.69 Å². The fourth-order valence-corrected chi connectivity index (χ4v) is 3.91. The van der Waals surface area contributed by atoms with Gasteiger partial charge in [0.1, 0.15) is 0 Å². The van der Waals surface area contributed by atoms with Crippen LogP contribution in [0.1, 0.15) is 50.3 Å². The number of nitrogens with zero attached hydrogens (tertiary/aromatic N) is 1. The van der Waals surface area contributed by atoms with Gasteiger partial charge in [-0.1, -0.05) is 48.3 Å². The minimum absolute atomic E-state index is 0.0169. The smallest absolute Gasteiger partial charge is 0.220 e. The number of rotatable bonds is 6. The molecule has 1 atom stereocenters. The average Bonchev–Trinajstić information content (AvgIpc) is 2.69. The quantitative estimate of drug-likeness (QED) is 0.619. The van der Waals surface area contributed by atoms with Crippen LogP contribution in [0, 0.1) is 5.92 Å².